The maximum absolute atomic E-state index is 11.2. The van der Waals surface area contributed by atoms with E-state index in [4.69, 9.17) is 4.74 Å². The largest absolute Gasteiger partial charge is 0.497 e. The number of methoxy groups -OCH3 is 1. The molecule has 0 saturated carbocycles. The van der Waals surface area contributed by atoms with Gasteiger partial charge in [0.25, 0.3) is 5.91 Å². The average Bonchev–Trinajstić information content (AvgIpc) is 2.42. The SMILES string of the molecule is C=C1C(=O)Nc2cc(OC)ccc21. The number of benzene rings is 1. The van der Waals surface area contributed by atoms with Gasteiger partial charge < -0.3 is 10.1 Å². The van der Waals surface area contributed by atoms with Gasteiger partial charge in [0.2, 0.25) is 0 Å². The van der Waals surface area contributed by atoms with E-state index in [9.17, 15) is 4.79 Å². The number of anilines is 1. The third kappa shape index (κ3) is 1.09. The van der Waals surface area contributed by atoms with Crippen molar-refractivity contribution in [3.63, 3.8) is 0 Å². The highest BCUT2D eigenvalue weighted by Crippen LogP contribution is 2.33. The van der Waals surface area contributed by atoms with Crippen LogP contribution in [0.2, 0.25) is 0 Å². The second kappa shape index (κ2) is 2.62. The Morgan fingerprint density at radius 1 is 1.46 bits per heavy atom. The van der Waals surface area contributed by atoms with Gasteiger partial charge in [0.05, 0.1) is 12.8 Å². The first kappa shape index (κ1) is 7.86. The van der Waals surface area contributed by atoms with E-state index in [1.165, 1.54) is 0 Å². The van der Waals surface area contributed by atoms with Crippen LogP contribution in [0.5, 0.6) is 5.75 Å². The maximum atomic E-state index is 11.2. The van der Waals surface area contributed by atoms with Crippen molar-refractivity contribution in [2.45, 2.75) is 0 Å². The molecule has 66 valence electrons. The molecule has 0 fully saturated rings. The Labute approximate surface area is 76.0 Å². The molecule has 1 aliphatic heterocycles. The first-order valence-corrected chi connectivity index (χ1v) is 3.91. The van der Waals surface area contributed by atoms with Crippen LogP contribution in [0.15, 0.2) is 24.8 Å². The fourth-order valence-electron chi connectivity index (χ4n) is 1.34. The first-order chi connectivity index (χ1) is 6.22. The highest BCUT2D eigenvalue weighted by Gasteiger charge is 2.21. The van der Waals surface area contributed by atoms with E-state index in [1.54, 1.807) is 13.2 Å². The average molecular weight is 175 g/mol. The molecule has 0 aliphatic carbocycles. The van der Waals surface area contributed by atoms with Crippen LogP contribution >= 0.6 is 0 Å². The van der Waals surface area contributed by atoms with E-state index in [2.05, 4.69) is 11.9 Å². The van der Waals surface area contributed by atoms with Gasteiger partial charge in [-0.1, -0.05) is 6.58 Å². The van der Waals surface area contributed by atoms with Crippen molar-refractivity contribution in [1.29, 1.82) is 0 Å². The maximum Gasteiger partial charge on any atom is 0.255 e. The van der Waals surface area contributed by atoms with E-state index in [0.717, 1.165) is 17.0 Å². The Kier molecular flexibility index (Phi) is 1.59. The smallest absolute Gasteiger partial charge is 0.255 e. The number of fused-ring (bicyclic) bond motifs is 1. The van der Waals surface area contributed by atoms with Gasteiger partial charge >= 0.3 is 0 Å². The van der Waals surface area contributed by atoms with Gasteiger partial charge in [0, 0.05) is 17.2 Å². The number of nitrogens with one attached hydrogen (secondary N) is 1. The van der Waals surface area contributed by atoms with Crippen molar-refractivity contribution in [3.05, 3.63) is 30.3 Å². The molecule has 0 atom stereocenters. The fourth-order valence-corrected chi connectivity index (χ4v) is 1.34. The Balaban J connectivity index is 2.52. The number of rotatable bonds is 1. The Morgan fingerprint density at radius 3 is 2.92 bits per heavy atom. The highest BCUT2D eigenvalue weighted by molar-refractivity contribution is 6.31. The molecule has 1 heterocycles. The van der Waals surface area contributed by atoms with Crippen LogP contribution in [-0.2, 0) is 4.79 Å². The zero-order chi connectivity index (χ0) is 9.42. The molecule has 1 aromatic rings. The lowest BCUT2D eigenvalue weighted by molar-refractivity contribution is -0.110. The van der Waals surface area contributed by atoms with Crippen LogP contribution in [-0.4, -0.2) is 13.0 Å². The Morgan fingerprint density at radius 2 is 2.23 bits per heavy atom. The van der Waals surface area contributed by atoms with Gasteiger partial charge in [-0.05, 0) is 12.1 Å². The van der Waals surface area contributed by atoms with Crippen LogP contribution in [0.25, 0.3) is 5.57 Å². The number of hydrogen-bond donors (Lipinski definition) is 1. The summed E-state index contributed by atoms with van der Waals surface area (Å²) in [4.78, 5) is 11.2. The van der Waals surface area contributed by atoms with Crippen molar-refractivity contribution < 1.29 is 9.53 Å². The van der Waals surface area contributed by atoms with Gasteiger partial charge in [-0.2, -0.15) is 0 Å². The standard InChI is InChI=1S/C10H9NO2/c1-6-8-4-3-7(13-2)5-9(8)11-10(6)12/h3-5H,1H2,2H3,(H,11,12). The van der Waals surface area contributed by atoms with E-state index in [1.807, 2.05) is 12.1 Å². The number of carbonyl (C=O) groups is 1. The predicted octanol–water partition coefficient (Wildman–Crippen LogP) is 1.66. The molecule has 3 nitrogen and oxygen atoms in total. The molecule has 0 radical (unpaired) electrons. The third-order valence-corrected chi connectivity index (χ3v) is 2.07. The van der Waals surface area contributed by atoms with E-state index >= 15 is 0 Å². The summed E-state index contributed by atoms with van der Waals surface area (Å²) in [7, 11) is 1.59. The molecular weight excluding hydrogens is 166 g/mol. The van der Waals surface area contributed by atoms with Crippen molar-refractivity contribution >= 4 is 17.2 Å². The van der Waals surface area contributed by atoms with Crippen LogP contribution in [0.1, 0.15) is 5.56 Å². The summed E-state index contributed by atoms with van der Waals surface area (Å²) in [6.45, 7) is 3.68. The van der Waals surface area contributed by atoms with Crippen molar-refractivity contribution in [3.8, 4) is 5.75 Å². The van der Waals surface area contributed by atoms with Crippen LogP contribution in [0, 0.1) is 0 Å². The van der Waals surface area contributed by atoms with E-state index < -0.39 is 0 Å². The molecule has 0 spiro atoms. The number of hydrogen-bond acceptors (Lipinski definition) is 2. The van der Waals surface area contributed by atoms with E-state index in [-0.39, 0.29) is 5.91 Å². The van der Waals surface area contributed by atoms with Gasteiger partial charge in [0.15, 0.2) is 0 Å². The molecule has 1 aromatic carbocycles. The second-order valence-electron chi connectivity index (χ2n) is 2.84. The number of amides is 1. The molecule has 0 saturated heterocycles. The van der Waals surface area contributed by atoms with Gasteiger partial charge in [0.1, 0.15) is 5.75 Å². The summed E-state index contributed by atoms with van der Waals surface area (Å²) in [6, 6.07) is 5.42. The lowest BCUT2D eigenvalue weighted by Gasteiger charge is -2.01. The molecule has 1 aliphatic rings. The quantitative estimate of drug-likeness (QED) is 0.659. The zero-order valence-electron chi connectivity index (χ0n) is 7.26. The van der Waals surface area contributed by atoms with Crippen molar-refractivity contribution in [1.82, 2.24) is 0 Å². The number of carbonyl (C=O) groups excluding carboxylic acids is 1. The summed E-state index contributed by atoms with van der Waals surface area (Å²) in [5, 5.41) is 2.70. The lowest BCUT2D eigenvalue weighted by Crippen LogP contribution is -2.02. The Hall–Kier alpha value is -1.77. The molecule has 2 rings (SSSR count). The third-order valence-electron chi connectivity index (χ3n) is 2.07. The molecule has 0 bridgehead atoms. The Bertz CT molecular complexity index is 396. The first-order valence-electron chi connectivity index (χ1n) is 3.91. The van der Waals surface area contributed by atoms with Crippen LogP contribution in [0.3, 0.4) is 0 Å². The summed E-state index contributed by atoms with van der Waals surface area (Å²) in [5.41, 5.74) is 2.14. The zero-order valence-corrected chi connectivity index (χ0v) is 7.26. The molecule has 3 heteroatoms. The molecule has 1 N–H and O–H groups in total. The van der Waals surface area contributed by atoms with Crippen LogP contribution < -0.4 is 10.1 Å². The highest BCUT2D eigenvalue weighted by atomic mass is 16.5. The minimum absolute atomic E-state index is 0.136. The van der Waals surface area contributed by atoms with Gasteiger partial charge in [-0.3, -0.25) is 4.79 Å². The van der Waals surface area contributed by atoms with Gasteiger partial charge in [-0.15, -0.1) is 0 Å². The van der Waals surface area contributed by atoms with E-state index in [0.29, 0.717) is 5.57 Å². The minimum Gasteiger partial charge on any atom is -0.497 e. The molecular formula is C10H9NO2. The lowest BCUT2D eigenvalue weighted by atomic mass is 10.1. The topological polar surface area (TPSA) is 38.3 Å². The summed E-state index contributed by atoms with van der Waals surface area (Å²) in [6.07, 6.45) is 0. The molecule has 0 aromatic heterocycles. The fraction of sp³-hybridized carbons (Fsp3) is 0.100. The second-order valence-corrected chi connectivity index (χ2v) is 2.84. The number of ether oxygens (including phenoxy) is 1. The summed E-state index contributed by atoms with van der Waals surface area (Å²) in [5.74, 6) is 0.594. The van der Waals surface area contributed by atoms with Crippen molar-refractivity contribution in [2.24, 2.45) is 0 Å². The summed E-state index contributed by atoms with van der Waals surface area (Å²) >= 11 is 0. The monoisotopic (exact) mass is 175 g/mol. The summed E-state index contributed by atoms with van der Waals surface area (Å²) < 4.78 is 5.03. The molecule has 1 amide bonds. The molecule has 0 unspecified atom stereocenters. The molecule has 13 heavy (non-hydrogen) atoms. The normalized spacial score (nSPS) is 13.9. The minimum atomic E-state index is -0.136. The van der Waals surface area contributed by atoms with Crippen molar-refractivity contribution in [2.75, 3.05) is 12.4 Å². The predicted molar refractivity (Wildman–Crippen MR) is 50.7 cm³/mol. The van der Waals surface area contributed by atoms with Crippen LogP contribution in [0.4, 0.5) is 5.69 Å². The van der Waals surface area contributed by atoms with Gasteiger partial charge in [-0.25, -0.2) is 0 Å².